The number of nitro groups is 1. The first-order valence-corrected chi connectivity index (χ1v) is 6.90. The zero-order chi connectivity index (χ0) is 14.3. The van der Waals surface area contributed by atoms with Crippen LogP contribution in [0.2, 0.25) is 0 Å². The Hall–Kier alpha value is -1.95. The van der Waals surface area contributed by atoms with Gasteiger partial charge in [-0.05, 0) is 31.9 Å². The molecule has 0 saturated heterocycles. The SMILES string of the molecule is Cc1cc(-c2nnc(CCl)n2C2CC2)ccc1[N+](=O)[O-]. The molecule has 1 aliphatic rings. The van der Waals surface area contributed by atoms with E-state index >= 15 is 0 Å². The van der Waals surface area contributed by atoms with Crippen molar-refractivity contribution >= 4 is 17.3 Å². The van der Waals surface area contributed by atoms with Crippen LogP contribution in [-0.2, 0) is 5.88 Å². The number of aromatic nitrogens is 3. The van der Waals surface area contributed by atoms with Crippen molar-refractivity contribution in [1.29, 1.82) is 0 Å². The van der Waals surface area contributed by atoms with E-state index < -0.39 is 0 Å². The van der Waals surface area contributed by atoms with E-state index in [0.29, 0.717) is 17.5 Å². The average molecular weight is 293 g/mol. The Morgan fingerprint density at radius 1 is 1.45 bits per heavy atom. The van der Waals surface area contributed by atoms with Gasteiger partial charge in [-0.15, -0.1) is 21.8 Å². The maximum Gasteiger partial charge on any atom is 0.272 e. The van der Waals surface area contributed by atoms with Gasteiger partial charge >= 0.3 is 0 Å². The lowest BCUT2D eigenvalue weighted by Crippen LogP contribution is -2.02. The first-order valence-electron chi connectivity index (χ1n) is 6.37. The van der Waals surface area contributed by atoms with E-state index in [-0.39, 0.29) is 10.6 Å². The van der Waals surface area contributed by atoms with E-state index in [9.17, 15) is 10.1 Å². The first-order chi connectivity index (χ1) is 9.61. The third-order valence-corrected chi connectivity index (χ3v) is 3.69. The largest absolute Gasteiger partial charge is 0.307 e. The number of hydrogen-bond acceptors (Lipinski definition) is 4. The van der Waals surface area contributed by atoms with Crippen molar-refractivity contribution < 1.29 is 4.92 Å². The van der Waals surface area contributed by atoms with Crippen molar-refractivity contribution in [2.24, 2.45) is 0 Å². The monoisotopic (exact) mass is 292 g/mol. The van der Waals surface area contributed by atoms with Gasteiger partial charge in [0.2, 0.25) is 0 Å². The molecule has 0 radical (unpaired) electrons. The summed E-state index contributed by atoms with van der Waals surface area (Å²) in [5.74, 6) is 1.80. The molecule has 1 saturated carbocycles. The molecule has 1 heterocycles. The fourth-order valence-corrected chi connectivity index (χ4v) is 2.51. The highest BCUT2D eigenvalue weighted by molar-refractivity contribution is 6.16. The number of nitrogens with zero attached hydrogens (tertiary/aromatic N) is 4. The molecule has 7 heteroatoms. The standard InChI is InChI=1S/C13H13ClN4O2/c1-8-6-9(2-5-11(8)18(19)20)13-16-15-12(7-14)17(13)10-3-4-10/h2,5-6,10H,3-4,7H2,1H3. The molecule has 3 rings (SSSR count). The van der Waals surface area contributed by atoms with Crippen LogP contribution in [0.1, 0.15) is 30.3 Å². The predicted molar refractivity (Wildman–Crippen MR) is 74.7 cm³/mol. The Kier molecular flexibility index (Phi) is 3.17. The molecule has 1 aliphatic carbocycles. The number of alkyl halides is 1. The van der Waals surface area contributed by atoms with E-state index in [1.54, 1.807) is 19.1 Å². The first kappa shape index (κ1) is 13.1. The molecule has 6 nitrogen and oxygen atoms in total. The second-order valence-electron chi connectivity index (χ2n) is 4.93. The number of benzene rings is 1. The summed E-state index contributed by atoms with van der Waals surface area (Å²) in [6.07, 6.45) is 2.20. The van der Waals surface area contributed by atoms with Gasteiger partial charge in [-0.2, -0.15) is 0 Å². The van der Waals surface area contributed by atoms with Crippen LogP contribution in [0.4, 0.5) is 5.69 Å². The van der Waals surface area contributed by atoms with Crippen molar-refractivity contribution in [3.8, 4) is 11.4 Å². The molecule has 0 aliphatic heterocycles. The minimum absolute atomic E-state index is 0.115. The molecule has 0 unspecified atom stereocenters. The molecule has 0 spiro atoms. The van der Waals surface area contributed by atoms with Crippen LogP contribution in [0.5, 0.6) is 0 Å². The quantitative estimate of drug-likeness (QED) is 0.492. The number of halogens is 1. The summed E-state index contributed by atoms with van der Waals surface area (Å²) < 4.78 is 2.05. The van der Waals surface area contributed by atoms with Gasteiger partial charge in [-0.25, -0.2) is 0 Å². The Balaban J connectivity index is 2.07. The van der Waals surface area contributed by atoms with Gasteiger partial charge in [0, 0.05) is 23.2 Å². The highest BCUT2D eigenvalue weighted by atomic mass is 35.5. The van der Waals surface area contributed by atoms with Crippen molar-refractivity contribution in [1.82, 2.24) is 14.8 Å². The van der Waals surface area contributed by atoms with Crippen LogP contribution >= 0.6 is 11.6 Å². The summed E-state index contributed by atoms with van der Waals surface area (Å²) in [7, 11) is 0. The predicted octanol–water partition coefficient (Wildman–Crippen LogP) is 3.24. The molecule has 1 fully saturated rings. The number of nitro benzene ring substituents is 1. The molecule has 1 aromatic carbocycles. The van der Waals surface area contributed by atoms with Crippen molar-refractivity contribution in [2.75, 3.05) is 0 Å². The molecule has 2 aromatic rings. The third kappa shape index (κ3) is 2.16. The fourth-order valence-electron chi connectivity index (χ4n) is 2.33. The van der Waals surface area contributed by atoms with Gasteiger partial charge in [0.1, 0.15) is 5.82 Å². The number of hydrogen-bond donors (Lipinski definition) is 0. The lowest BCUT2D eigenvalue weighted by molar-refractivity contribution is -0.385. The van der Waals surface area contributed by atoms with E-state index in [4.69, 9.17) is 11.6 Å². The number of rotatable bonds is 4. The summed E-state index contributed by atoms with van der Waals surface area (Å²) >= 11 is 5.89. The minimum Gasteiger partial charge on any atom is -0.307 e. The zero-order valence-corrected chi connectivity index (χ0v) is 11.7. The molecule has 1 aromatic heterocycles. The number of aryl methyl sites for hydroxylation is 1. The lowest BCUT2D eigenvalue weighted by Gasteiger charge is -2.08. The van der Waals surface area contributed by atoms with Crippen molar-refractivity contribution in [3.05, 3.63) is 39.7 Å². The molecule has 20 heavy (non-hydrogen) atoms. The van der Waals surface area contributed by atoms with E-state index in [1.165, 1.54) is 6.07 Å². The second-order valence-corrected chi connectivity index (χ2v) is 5.20. The molecule has 0 bridgehead atoms. The van der Waals surface area contributed by atoms with Gasteiger partial charge < -0.3 is 4.57 Å². The summed E-state index contributed by atoms with van der Waals surface area (Å²) in [4.78, 5) is 10.5. The maximum atomic E-state index is 10.9. The van der Waals surface area contributed by atoms with Gasteiger partial charge in [0.15, 0.2) is 5.82 Å². The van der Waals surface area contributed by atoms with Crippen LogP contribution in [0.3, 0.4) is 0 Å². The smallest absolute Gasteiger partial charge is 0.272 e. The maximum absolute atomic E-state index is 10.9. The Bertz CT molecular complexity index is 679. The molecular weight excluding hydrogens is 280 g/mol. The highest BCUT2D eigenvalue weighted by Crippen LogP contribution is 2.39. The van der Waals surface area contributed by atoms with Crippen LogP contribution in [0, 0.1) is 17.0 Å². The molecule has 104 valence electrons. The Morgan fingerprint density at radius 3 is 2.75 bits per heavy atom. The molecule has 0 N–H and O–H groups in total. The third-order valence-electron chi connectivity index (χ3n) is 3.45. The van der Waals surface area contributed by atoms with E-state index in [0.717, 1.165) is 30.1 Å². The van der Waals surface area contributed by atoms with Crippen LogP contribution in [0.15, 0.2) is 18.2 Å². The topological polar surface area (TPSA) is 73.8 Å². The molecule has 0 atom stereocenters. The van der Waals surface area contributed by atoms with Crippen molar-refractivity contribution in [3.63, 3.8) is 0 Å². The van der Waals surface area contributed by atoms with Crippen LogP contribution in [0.25, 0.3) is 11.4 Å². The Labute approximate surface area is 120 Å². The van der Waals surface area contributed by atoms with Gasteiger partial charge in [-0.3, -0.25) is 10.1 Å². The molecule has 0 amide bonds. The minimum atomic E-state index is -0.380. The van der Waals surface area contributed by atoms with E-state index in [2.05, 4.69) is 10.2 Å². The Morgan fingerprint density at radius 2 is 2.20 bits per heavy atom. The fraction of sp³-hybridized carbons (Fsp3) is 0.385. The lowest BCUT2D eigenvalue weighted by atomic mass is 10.1. The summed E-state index contributed by atoms with van der Waals surface area (Å²) in [6, 6.07) is 5.41. The van der Waals surface area contributed by atoms with E-state index in [1.807, 2.05) is 4.57 Å². The van der Waals surface area contributed by atoms with Crippen LogP contribution in [-0.4, -0.2) is 19.7 Å². The average Bonchev–Trinajstić information content (AvgIpc) is 3.17. The zero-order valence-electron chi connectivity index (χ0n) is 10.9. The molecular formula is C13H13ClN4O2. The summed E-state index contributed by atoms with van der Waals surface area (Å²) in [5.41, 5.74) is 1.57. The van der Waals surface area contributed by atoms with Gasteiger partial charge in [0.25, 0.3) is 5.69 Å². The van der Waals surface area contributed by atoms with Gasteiger partial charge in [-0.1, -0.05) is 0 Å². The summed E-state index contributed by atoms with van der Waals surface area (Å²) in [6.45, 7) is 1.72. The van der Waals surface area contributed by atoms with Gasteiger partial charge in [0.05, 0.1) is 10.8 Å². The normalized spacial score (nSPS) is 14.5. The second kappa shape index (κ2) is 4.86. The summed E-state index contributed by atoms with van der Waals surface area (Å²) in [5, 5.41) is 19.2. The van der Waals surface area contributed by atoms with Crippen molar-refractivity contribution in [2.45, 2.75) is 31.7 Å². The van der Waals surface area contributed by atoms with Crippen LogP contribution < -0.4 is 0 Å². The highest BCUT2D eigenvalue weighted by Gasteiger charge is 2.29.